The number of aryl methyl sites for hydroxylation is 1. The average Bonchev–Trinajstić information content (AvgIpc) is 2.85. The molecule has 1 aliphatic rings. The highest BCUT2D eigenvalue weighted by atomic mass is 19.1. The van der Waals surface area contributed by atoms with Crippen molar-refractivity contribution in [1.29, 1.82) is 0 Å². The van der Waals surface area contributed by atoms with Crippen molar-refractivity contribution in [3.8, 4) is 0 Å². The minimum absolute atomic E-state index is 0.259. The van der Waals surface area contributed by atoms with E-state index in [9.17, 15) is 14.3 Å². The van der Waals surface area contributed by atoms with Gasteiger partial charge in [-0.1, -0.05) is 6.07 Å². The number of esters is 1. The number of benzene rings is 1. The summed E-state index contributed by atoms with van der Waals surface area (Å²) in [6, 6.07) is 4.06. The molecule has 1 aromatic carbocycles. The fourth-order valence-corrected chi connectivity index (χ4v) is 2.78. The number of nitrogens with zero attached hydrogens (tertiary/aromatic N) is 1. The van der Waals surface area contributed by atoms with Gasteiger partial charge in [0.2, 0.25) is 0 Å². The maximum atomic E-state index is 13.1. The maximum absolute atomic E-state index is 13.1. The summed E-state index contributed by atoms with van der Waals surface area (Å²) in [5, 5.41) is 10.3. The molecular weight excluding hydrogens is 261 g/mol. The van der Waals surface area contributed by atoms with Crippen LogP contribution in [0.4, 0.5) is 4.39 Å². The number of ether oxygens (including phenoxy) is 1. The van der Waals surface area contributed by atoms with Gasteiger partial charge in [-0.05, 0) is 49.6 Å². The molecule has 2 atom stereocenters. The Kier molecular flexibility index (Phi) is 4.73. The second-order valence-corrected chi connectivity index (χ2v) is 5.19. The fraction of sp³-hybridized carbons (Fsp3) is 0.533. The Labute approximate surface area is 118 Å². The minimum atomic E-state index is -0.735. The SMILES string of the molecule is COC(=O)C1CCCN1CC(O)c1ccc(F)cc1C. The van der Waals surface area contributed by atoms with E-state index < -0.39 is 6.10 Å². The second-order valence-electron chi connectivity index (χ2n) is 5.19. The van der Waals surface area contributed by atoms with Crippen LogP contribution in [0.1, 0.15) is 30.1 Å². The molecule has 0 saturated carbocycles. The molecule has 0 radical (unpaired) electrons. The van der Waals surface area contributed by atoms with E-state index in [0.29, 0.717) is 17.7 Å². The van der Waals surface area contributed by atoms with Crippen molar-refractivity contribution in [2.24, 2.45) is 0 Å². The number of carbonyl (C=O) groups excluding carboxylic acids is 1. The molecule has 1 saturated heterocycles. The molecule has 110 valence electrons. The van der Waals surface area contributed by atoms with E-state index in [4.69, 9.17) is 4.74 Å². The molecule has 4 nitrogen and oxygen atoms in total. The van der Waals surface area contributed by atoms with Crippen molar-refractivity contribution >= 4 is 5.97 Å². The van der Waals surface area contributed by atoms with Crippen molar-refractivity contribution in [2.75, 3.05) is 20.2 Å². The number of hydrogen-bond donors (Lipinski definition) is 1. The standard InChI is InChI=1S/C15H20FNO3/c1-10-8-11(16)5-6-12(10)14(18)9-17-7-3-4-13(17)15(19)20-2/h5-6,8,13-14,18H,3-4,7,9H2,1-2H3. The average molecular weight is 281 g/mol. The van der Waals surface area contributed by atoms with E-state index in [2.05, 4.69) is 0 Å². The molecule has 1 aromatic rings. The molecule has 0 aliphatic carbocycles. The van der Waals surface area contributed by atoms with Crippen molar-refractivity contribution in [1.82, 2.24) is 4.90 Å². The van der Waals surface area contributed by atoms with Gasteiger partial charge in [0.25, 0.3) is 0 Å². The summed E-state index contributed by atoms with van der Waals surface area (Å²) >= 11 is 0. The van der Waals surface area contributed by atoms with E-state index in [1.165, 1.54) is 19.2 Å². The van der Waals surface area contributed by atoms with E-state index >= 15 is 0 Å². The molecule has 1 fully saturated rings. The van der Waals surface area contributed by atoms with Crippen LogP contribution >= 0.6 is 0 Å². The number of hydrogen-bond acceptors (Lipinski definition) is 4. The van der Waals surface area contributed by atoms with Crippen molar-refractivity contribution in [2.45, 2.75) is 31.9 Å². The van der Waals surface area contributed by atoms with Crippen molar-refractivity contribution < 1.29 is 19.0 Å². The first-order valence-corrected chi connectivity index (χ1v) is 6.79. The molecule has 1 aliphatic heterocycles. The van der Waals surface area contributed by atoms with Gasteiger partial charge in [-0.3, -0.25) is 9.69 Å². The lowest BCUT2D eigenvalue weighted by Gasteiger charge is -2.25. The van der Waals surface area contributed by atoms with Gasteiger partial charge in [-0.15, -0.1) is 0 Å². The Balaban J connectivity index is 2.07. The smallest absolute Gasteiger partial charge is 0.323 e. The number of aliphatic hydroxyl groups excluding tert-OH is 1. The van der Waals surface area contributed by atoms with Crippen LogP contribution in [0.15, 0.2) is 18.2 Å². The number of halogens is 1. The topological polar surface area (TPSA) is 49.8 Å². The molecule has 0 bridgehead atoms. The molecule has 1 N–H and O–H groups in total. The summed E-state index contributed by atoms with van der Waals surface area (Å²) in [5.74, 6) is -0.572. The van der Waals surface area contributed by atoms with Gasteiger partial charge in [0.05, 0.1) is 13.2 Å². The largest absolute Gasteiger partial charge is 0.468 e. The van der Waals surface area contributed by atoms with E-state index in [1.54, 1.807) is 13.0 Å². The molecule has 0 amide bonds. The lowest BCUT2D eigenvalue weighted by atomic mass is 10.0. The zero-order valence-corrected chi connectivity index (χ0v) is 11.8. The molecule has 2 rings (SSSR count). The number of methoxy groups -OCH3 is 1. The van der Waals surface area contributed by atoms with Crippen molar-refractivity contribution in [3.05, 3.63) is 35.1 Å². The number of likely N-dealkylation sites (tertiary alicyclic amines) is 1. The Hall–Kier alpha value is -1.46. The van der Waals surface area contributed by atoms with Gasteiger partial charge in [-0.2, -0.15) is 0 Å². The Morgan fingerprint density at radius 2 is 2.35 bits per heavy atom. The van der Waals surface area contributed by atoms with Crippen LogP contribution in [0.25, 0.3) is 0 Å². The van der Waals surface area contributed by atoms with Crippen molar-refractivity contribution in [3.63, 3.8) is 0 Å². The summed E-state index contributed by atoms with van der Waals surface area (Å²) in [5.41, 5.74) is 1.41. The molecular formula is C15H20FNO3. The molecule has 20 heavy (non-hydrogen) atoms. The third kappa shape index (κ3) is 3.16. The Morgan fingerprint density at radius 3 is 3.00 bits per heavy atom. The minimum Gasteiger partial charge on any atom is -0.468 e. The van der Waals surface area contributed by atoms with Gasteiger partial charge in [0, 0.05) is 6.54 Å². The van der Waals surface area contributed by atoms with Gasteiger partial charge in [0.1, 0.15) is 11.9 Å². The van der Waals surface area contributed by atoms with E-state index in [0.717, 1.165) is 19.4 Å². The summed E-state index contributed by atoms with van der Waals surface area (Å²) < 4.78 is 17.9. The number of β-amino-alcohol motifs (C(OH)–C–C–N with tert-alkyl or cyclic N) is 1. The molecule has 0 spiro atoms. The lowest BCUT2D eigenvalue weighted by Crippen LogP contribution is -2.39. The van der Waals surface area contributed by atoms with Gasteiger partial charge in [-0.25, -0.2) is 4.39 Å². The summed E-state index contributed by atoms with van der Waals surface area (Å²) in [6.45, 7) is 2.88. The van der Waals surface area contributed by atoms with Crippen LogP contribution in [-0.2, 0) is 9.53 Å². The van der Waals surface area contributed by atoms with Crippen LogP contribution < -0.4 is 0 Å². The van der Waals surface area contributed by atoms with Crippen LogP contribution in [0.2, 0.25) is 0 Å². The van der Waals surface area contributed by atoms with Gasteiger partial charge >= 0.3 is 5.97 Å². The normalized spacial score (nSPS) is 20.9. The molecule has 0 aromatic heterocycles. The predicted octanol–water partition coefficient (Wildman–Crippen LogP) is 1.80. The monoisotopic (exact) mass is 281 g/mol. The first kappa shape index (κ1) is 14.9. The Morgan fingerprint density at radius 1 is 1.60 bits per heavy atom. The van der Waals surface area contributed by atoms with E-state index in [-0.39, 0.29) is 17.8 Å². The lowest BCUT2D eigenvalue weighted by molar-refractivity contribution is -0.146. The fourth-order valence-electron chi connectivity index (χ4n) is 2.78. The van der Waals surface area contributed by atoms with Crippen LogP contribution in [0.3, 0.4) is 0 Å². The molecule has 2 unspecified atom stereocenters. The van der Waals surface area contributed by atoms with Crippen LogP contribution in [-0.4, -0.2) is 42.2 Å². The van der Waals surface area contributed by atoms with Gasteiger partial charge in [0.15, 0.2) is 0 Å². The molecule has 5 heteroatoms. The van der Waals surface area contributed by atoms with Gasteiger partial charge < -0.3 is 9.84 Å². The Bertz CT molecular complexity index is 492. The third-order valence-electron chi connectivity index (χ3n) is 3.84. The summed E-state index contributed by atoms with van der Waals surface area (Å²) in [6.07, 6.45) is 0.928. The highest BCUT2D eigenvalue weighted by Crippen LogP contribution is 2.24. The highest BCUT2D eigenvalue weighted by molar-refractivity contribution is 5.75. The first-order chi connectivity index (χ1) is 9.52. The van der Waals surface area contributed by atoms with Crippen LogP contribution in [0, 0.1) is 12.7 Å². The number of carbonyl (C=O) groups is 1. The predicted molar refractivity (Wildman–Crippen MR) is 72.7 cm³/mol. The second kappa shape index (κ2) is 6.33. The molecule has 1 heterocycles. The highest BCUT2D eigenvalue weighted by Gasteiger charge is 2.32. The number of rotatable bonds is 4. The number of aliphatic hydroxyl groups is 1. The maximum Gasteiger partial charge on any atom is 0.323 e. The van der Waals surface area contributed by atoms with E-state index in [1.807, 2.05) is 4.90 Å². The quantitative estimate of drug-likeness (QED) is 0.855. The summed E-state index contributed by atoms with van der Waals surface area (Å²) in [4.78, 5) is 13.6. The zero-order valence-electron chi connectivity index (χ0n) is 11.8. The zero-order chi connectivity index (χ0) is 14.7. The third-order valence-corrected chi connectivity index (χ3v) is 3.84. The van der Waals surface area contributed by atoms with Crippen LogP contribution in [0.5, 0.6) is 0 Å². The summed E-state index contributed by atoms with van der Waals surface area (Å²) in [7, 11) is 1.37. The first-order valence-electron chi connectivity index (χ1n) is 6.79.